The molecule has 184 valence electrons. The van der Waals surface area contributed by atoms with Crippen LogP contribution >= 0.6 is 11.8 Å². The van der Waals surface area contributed by atoms with E-state index in [1.54, 1.807) is 12.1 Å². The summed E-state index contributed by atoms with van der Waals surface area (Å²) in [6, 6.07) is 16.2. The van der Waals surface area contributed by atoms with Crippen molar-refractivity contribution < 1.29 is 19.2 Å². The summed E-state index contributed by atoms with van der Waals surface area (Å²) in [5, 5.41) is 14.3. The van der Waals surface area contributed by atoms with Gasteiger partial charge < -0.3 is 14.8 Å². The number of nitrogens with zero attached hydrogens (tertiary/aromatic N) is 2. The summed E-state index contributed by atoms with van der Waals surface area (Å²) in [7, 11) is 1.36. The van der Waals surface area contributed by atoms with Gasteiger partial charge in [-0.05, 0) is 85.1 Å². The number of rotatable bonds is 7. The minimum atomic E-state index is -0.537. The number of nitro groups is 1. The summed E-state index contributed by atoms with van der Waals surface area (Å²) in [5.41, 5.74) is 5.81. The highest BCUT2D eigenvalue weighted by atomic mass is 32.2. The number of aryl methyl sites for hydroxylation is 3. The highest BCUT2D eigenvalue weighted by Gasteiger charge is 2.24. The highest BCUT2D eigenvalue weighted by molar-refractivity contribution is 8.18. The van der Waals surface area contributed by atoms with Crippen molar-refractivity contribution in [3.63, 3.8) is 0 Å². The smallest absolute Gasteiger partial charge is 0.313 e. The molecule has 3 aromatic rings. The summed E-state index contributed by atoms with van der Waals surface area (Å²) in [6.45, 7) is 6.75. The lowest BCUT2D eigenvalue weighted by molar-refractivity contribution is -0.385. The number of aliphatic imine (C=N–C) groups is 1. The second kappa shape index (κ2) is 10.7. The molecular formula is C27H25N3O5S. The Labute approximate surface area is 213 Å². The first-order chi connectivity index (χ1) is 17.2. The Bertz CT molecular complexity index is 1370. The Morgan fingerprint density at radius 2 is 1.75 bits per heavy atom. The van der Waals surface area contributed by atoms with Crippen molar-refractivity contribution in [2.45, 2.75) is 27.4 Å². The van der Waals surface area contributed by atoms with Crippen molar-refractivity contribution in [2.24, 2.45) is 4.99 Å². The van der Waals surface area contributed by atoms with E-state index in [2.05, 4.69) is 43.2 Å². The van der Waals surface area contributed by atoms with E-state index in [1.165, 1.54) is 53.3 Å². The molecule has 0 saturated carbocycles. The van der Waals surface area contributed by atoms with Crippen molar-refractivity contribution in [1.29, 1.82) is 0 Å². The second-order valence-electron chi connectivity index (χ2n) is 8.33. The van der Waals surface area contributed by atoms with Gasteiger partial charge in [0.15, 0.2) is 10.9 Å². The van der Waals surface area contributed by atoms with Gasteiger partial charge in [0.2, 0.25) is 0 Å². The van der Waals surface area contributed by atoms with Crippen LogP contribution in [-0.4, -0.2) is 23.1 Å². The van der Waals surface area contributed by atoms with Gasteiger partial charge in [-0.25, -0.2) is 4.99 Å². The monoisotopic (exact) mass is 503 g/mol. The largest absolute Gasteiger partial charge is 0.490 e. The fourth-order valence-corrected chi connectivity index (χ4v) is 4.73. The number of benzene rings is 3. The molecule has 1 saturated heterocycles. The van der Waals surface area contributed by atoms with E-state index < -0.39 is 4.92 Å². The lowest BCUT2D eigenvalue weighted by Crippen LogP contribution is -2.19. The fourth-order valence-electron chi connectivity index (χ4n) is 3.89. The first kappa shape index (κ1) is 25.0. The van der Waals surface area contributed by atoms with Crippen LogP contribution in [0.1, 0.15) is 27.8 Å². The van der Waals surface area contributed by atoms with Crippen LogP contribution in [0.5, 0.6) is 11.5 Å². The first-order valence-electron chi connectivity index (χ1n) is 11.1. The molecule has 1 aliphatic heterocycles. The molecule has 0 aromatic heterocycles. The lowest BCUT2D eigenvalue weighted by Gasteiger charge is -2.13. The predicted molar refractivity (Wildman–Crippen MR) is 142 cm³/mol. The summed E-state index contributed by atoms with van der Waals surface area (Å²) in [4.78, 5) is 27.9. The van der Waals surface area contributed by atoms with Gasteiger partial charge in [0.1, 0.15) is 12.4 Å². The van der Waals surface area contributed by atoms with E-state index in [9.17, 15) is 14.9 Å². The van der Waals surface area contributed by atoms with Crippen molar-refractivity contribution in [1.82, 2.24) is 5.32 Å². The Hall–Kier alpha value is -4.11. The number of amides is 1. The van der Waals surface area contributed by atoms with E-state index in [0.717, 1.165) is 11.3 Å². The minimum absolute atomic E-state index is 0.143. The number of carbonyl (C=O) groups excluding carboxylic acids is 1. The van der Waals surface area contributed by atoms with Crippen molar-refractivity contribution in [3.8, 4) is 11.5 Å². The maximum absolute atomic E-state index is 12.4. The average Bonchev–Trinajstić information content (AvgIpc) is 3.17. The van der Waals surface area contributed by atoms with Gasteiger partial charge in [0.25, 0.3) is 5.91 Å². The molecule has 4 rings (SSSR count). The van der Waals surface area contributed by atoms with Crippen LogP contribution < -0.4 is 14.8 Å². The molecule has 36 heavy (non-hydrogen) atoms. The van der Waals surface area contributed by atoms with Crippen molar-refractivity contribution in [3.05, 3.63) is 97.4 Å². The number of nitro benzene ring substituents is 1. The zero-order valence-electron chi connectivity index (χ0n) is 20.3. The number of nitrogens with one attached hydrogen (secondary N) is 1. The number of ether oxygens (including phenoxy) is 2. The van der Waals surface area contributed by atoms with E-state index in [0.29, 0.717) is 22.4 Å². The average molecular weight is 504 g/mol. The van der Waals surface area contributed by atoms with Gasteiger partial charge in [-0.1, -0.05) is 29.8 Å². The molecule has 0 radical (unpaired) electrons. The van der Waals surface area contributed by atoms with Crippen LogP contribution in [0.3, 0.4) is 0 Å². The maximum atomic E-state index is 12.4. The maximum Gasteiger partial charge on any atom is 0.313 e. The van der Waals surface area contributed by atoms with Gasteiger partial charge in [-0.15, -0.1) is 0 Å². The van der Waals surface area contributed by atoms with Crippen LogP contribution in [0.2, 0.25) is 0 Å². The molecule has 1 aliphatic rings. The molecule has 1 heterocycles. The number of methoxy groups -OCH3 is 1. The molecule has 1 amide bonds. The Morgan fingerprint density at radius 3 is 2.39 bits per heavy atom. The van der Waals surface area contributed by atoms with Crippen LogP contribution in [0, 0.1) is 30.9 Å². The summed E-state index contributed by atoms with van der Waals surface area (Å²) < 4.78 is 11.0. The van der Waals surface area contributed by atoms with Crippen LogP contribution in [0.4, 0.5) is 11.4 Å². The van der Waals surface area contributed by atoms with E-state index >= 15 is 0 Å². The standard InChI is InChI=1S/C27H25N3O5S/c1-16-11-17(2)22(18(3)12-16)15-35-21-8-5-19(6-9-21)13-25-26(31)29-27(36-25)28-20-7-10-24(34-4)23(14-20)30(32)33/h5-14H,15H2,1-4H3,(H,28,29,31)/b25-13-. The van der Waals surface area contributed by atoms with Crippen molar-refractivity contribution >= 4 is 40.3 Å². The van der Waals surface area contributed by atoms with Gasteiger partial charge in [0.05, 0.1) is 22.6 Å². The van der Waals surface area contributed by atoms with Gasteiger partial charge >= 0.3 is 5.69 Å². The molecular weight excluding hydrogens is 478 g/mol. The molecule has 0 atom stereocenters. The fraction of sp³-hybridized carbons (Fsp3) is 0.185. The number of carbonyl (C=O) groups is 1. The molecule has 0 bridgehead atoms. The zero-order valence-corrected chi connectivity index (χ0v) is 21.1. The third-order valence-electron chi connectivity index (χ3n) is 5.64. The third-order valence-corrected chi connectivity index (χ3v) is 6.55. The van der Waals surface area contributed by atoms with Crippen LogP contribution in [-0.2, 0) is 11.4 Å². The van der Waals surface area contributed by atoms with E-state index in [-0.39, 0.29) is 17.3 Å². The quantitative estimate of drug-likeness (QED) is 0.241. The third kappa shape index (κ3) is 5.75. The molecule has 3 aromatic carbocycles. The Morgan fingerprint density at radius 1 is 1.06 bits per heavy atom. The number of hydrogen-bond donors (Lipinski definition) is 1. The Kier molecular flexibility index (Phi) is 7.40. The lowest BCUT2D eigenvalue weighted by atomic mass is 10.0. The number of hydrogen-bond acceptors (Lipinski definition) is 7. The van der Waals surface area contributed by atoms with Crippen LogP contribution in [0.15, 0.2) is 64.5 Å². The number of amidine groups is 1. The Balaban J connectivity index is 1.44. The normalized spacial score (nSPS) is 15.3. The molecule has 1 fully saturated rings. The molecule has 9 heteroatoms. The molecule has 0 aliphatic carbocycles. The SMILES string of the molecule is COc1ccc(N=C2NC(=O)/C(=C/c3ccc(OCc4c(C)cc(C)cc4C)cc3)S2)cc1[N+](=O)[O-]. The summed E-state index contributed by atoms with van der Waals surface area (Å²) >= 11 is 1.17. The summed E-state index contributed by atoms with van der Waals surface area (Å²) in [5.74, 6) is 0.597. The number of thioether (sulfide) groups is 1. The van der Waals surface area contributed by atoms with Gasteiger partial charge in [-0.3, -0.25) is 14.9 Å². The minimum Gasteiger partial charge on any atom is -0.490 e. The molecule has 1 N–H and O–H groups in total. The highest BCUT2D eigenvalue weighted by Crippen LogP contribution is 2.33. The van der Waals surface area contributed by atoms with Crippen LogP contribution in [0.25, 0.3) is 6.08 Å². The molecule has 8 nitrogen and oxygen atoms in total. The van der Waals surface area contributed by atoms with Crippen molar-refractivity contribution in [2.75, 3.05) is 7.11 Å². The summed E-state index contributed by atoms with van der Waals surface area (Å²) in [6.07, 6.45) is 1.76. The second-order valence-corrected chi connectivity index (χ2v) is 9.36. The topological polar surface area (TPSA) is 103 Å². The molecule has 0 unspecified atom stereocenters. The first-order valence-corrected chi connectivity index (χ1v) is 12.0. The molecule has 0 spiro atoms. The van der Waals surface area contributed by atoms with E-state index in [4.69, 9.17) is 9.47 Å². The zero-order chi connectivity index (χ0) is 25.8. The predicted octanol–water partition coefficient (Wildman–Crippen LogP) is 6.00. The van der Waals surface area contributed by atoms with Gasteiger partial charge in [-0.2, -0.15) is 0 Å². The van der Waals surface area contributed by atoms with E-state index in [1.807, 2.05) is 24.3 Å². The van der Waals surface area contributed by atoms with Gasteiger partial charge in [0, 0.05) is 6.07 Å².